The van der Waals surface area contributed by atoms with Gasteiger partial charge in [0.15, 0.2) is 23.0 Å². The highest BCUT2D eigenvalue weighted by Gasteiger charge is 2.18. The second kappa shape index (κ2) is 7.30. The first kappa shape index (κ1) is 18.4. The van der Waals surface area contributed by atoms with Crippen molar-refractivity contribution in [2.75, 3.05) is 21.0 Å². The molecule has 0 atom stereocenters. The molecule has 1 aliphatic heterocycles. The summed E-state index contributed by atoms with van der Waals surface area (Å²) in [6, 6.07) is 14.2. The number of pyridine rings is 1. The summed E-state index contributed by atoms with van der Waals surface area (Å²) in [5.41, 5.74) is 4.21. The largest absolute Gasteiger partial charge is 0.493 e. The molecule has 6 heteroatoms. The van der Waals surface area contributed by atoms with Crippen molar-refractivity contribution in [3.05, 3.63) is 66.1 Å². The number of benzene rings is 2. The molecule has 0 saturated heterocycles. The number of hydrogen-bond acceptors (Lipinski definition) is 5. The molecule has 2 aromatic carbocycles. The Bertz CT molecular complexity index is 1250. The van der Waals surface area contributed by atoms with E-state index in [0.29, 0.717) is 17.9 Å². The van der Waals surface area contributed by atoms with Crippen LogP contribution in [0.4, 0.5) is 0 Å². The third kappa shape index (κ3) is 3.01. The Hall–Kier alpha value is -3.67. The first-order valence-electron chi connectivity index (χ1n) is 9.72. The molecule has 0 spiro atoms. The molecule has 30 heavy (non-hydrogen) atoms. The lowest BCUT2D eigenvalue weighted by Gasteiger charge is -2.15. The molecule has 0 aliphatic carbocycles. The minimum Gasteiger partial charge on any atom is -0.493 e. The van der Waals surface area contributed by atoms with Crippen LogP contribution >= 0.6 is 0 Å². The Balaban J connectivity index is 1.68. The molecule has 5 rings (SSSR count). The lowest BCUT2D eigenvalue weighted by molar-refractivity contribution is 0.174. The predicted octanol–water partition coefficient (Wildman–Crippen LogP) is 4.58. The van der Waals surface area contributed by atoms with E-state index in [2.05, 4.69) is 10.6 Å². The molecule has 4 aromatic rings. The van der Waals surface area contributed by atoms with E-state index in [4.69, 9.17) is 23.9 Å². The van der Waals surface area contributed by atoms with Crippen LogP contribution < -0.4 is 18.9 Å². The number of methoxy groups -OCH3 is 2. The Kier molecular flexibility index (Phi) is 4.47. The van der Waals surface area contributed by atoms with Gasteiger partial charge in [-0.15, -0.1) is 0 Å². The summed E-state index contributed by atoms with van der Waals surface area (Å²) in [6.07, 6.45) is 4.63. The zero-order valence-electron chi connectivity index (χ0n) is 17.1. The van der Waals surface area contributed by atoms with E-state index in [-0.39, 0.29) is 6.79 Å². The van der Waals surface area contributed by atoms with Crippen LogP contribution in [0.1, 0.15) is 11.3 Å². The molecule has 3 heterocycles. The van der Waals surface area contributed by atoms with Gasteiger partial charge in [-0.1, -0.05) is 6.07 Å². The summed E-state index contributed by atoms with van der Waals surface area (Å²) < 4.78 is 24.2. The Morgan fingerprint density at radius 1 is 0.967 bits per heavy atom. The molecular weight excluding hydrogens is 380 g/mol. The van der Waals surface area contributed by atoms with Gasteiger partial charge in [-0.3, -0.25) is 4.98 Å². The summed E-state index contributed by atoms with van der Waals surface area (Å²) >= 11 is 0. The Labute approximate surface area is 174 Å². The Morgan fingerprint density at radius 3 is 2.47 bits per heavy atom. The number of nitrogens with zero attached hydrogens (tertiary/aromatic N) is 2. The predicted molar refractivity (Wildman–Crippen MR) is 115 cm³/mol. The molecule has 0 bridgehead atoms. The highest BCUT2D eigenvalue weighted by Crippen LogP contribution is 2.39. The van der Waals surface area contributed by atoms with Crippen LogP contribution in [0, 0.1) is 0 Å². The molecule has 1 aliphatic rings. The third-order valence-electron chi connectivity index (χ3n) is 5.50. The van der Waals surface area contributed by atoms with E-state index in [1.165, 1.54) is 0 Å². The van der Waals surface area contributed by atoms with Crippen molar-refractivity contribution in [1.29, 1.82) is 0 Å². The maximum absolute atomic E-state index is 5.57. The molecule has 0 saturated carbocycles. The van der Waals surface area contributed by atoms with Crippen molar-refractivity contribution in [3.63, 3.8) is 0 Å². The fourth-order valence-corrected chi connectivity index (χ4v) is 3.95. The van der Waals surface area contributed by atoms with E-state index >= 15 is 0 Å². The van der Waals surface area contributed by atoms with Crippen molar-refractivity contribution < 1.29 is 18.9 Å². The first-order valence-corrected chi connectivity index (χ1v) is 9.72. The average molecular weight is 402 g/mol. The zero-order chi connectivity index (χ0) is 20.7. The minimum atomic E-state index is 0.266. The Morgan fingerprint density at radius 2 is 1.73 bits per heavy atom. The van der Waals surface area contributed by atoms with Gasteiger partial charge in [0.25, 0.3) is 0 Å². The van der Waals surface area contributed by atoms with Crippen LogP contribution in [0.2, 0.25) is 0 Å². The van der Waals surface area contributed by atoms with Gasteiger partial charge in [-0.05, 0) is 47.3 Å². The van der Waals surface area contributed by atoms with Gasteiger partial charge in [0, 0.05) is 42.5 Å². The van der Waals surface area contributed by atoms with Crippen LogP contribution in [0.5, 0.6) is 23.0 Å². The van der Waals surface area contributed by atoms with Gasteiger partial charge in [-0.25, -0.2) is 0 Å². The van der Waals surface area contributed by atoms with Gasteiger partial charge < -0.3 is 23.5 Å². The minimum absolute atomic E-state index is 0.266. The highest BCUT2D eigenvalue weighted by atomic mass is 16.7. The number of rotatable bonds is 5. The number of fused-ring (bicyclic) bond motifs is 2. The van der Waals surface area contributed by atoms with E-state index in [1.807, 2.05) is 55.8 Å². The SMILES string of the molecule is COc1cc2c(-c3cccn3C)cnc(Cc3ccc4c(c3)OCO4)c2cc1OC. The van der Waals surface area contributed by atoms with E-state index in [1.54, 1.807) is 14.2 Å². The number of aromatic nitrogens is 2. The zero-order valence-corrected chi connectivity index (χ0v) is 17.1. The summed E-state index contributed by atoms with van der Waals surface area (Å²) in [4.78, 5) is 4.84. The molecule has 152 valence electrons. The molecule has 6 nitrogen and oxygen atoms in total. The maximum atomic E-state index is 5.57. The number of ether oxygens (including phenoxy) is 4. The summed E-state index contributed by atoms with van der Waals surface area (Å²) in [6.45, 7) is 0.266. The lowest BCUT2D eigenvalue weighted by atomic mass is 9.98. The monoisotopic (exact) mass is 402 g/mol. The van der Waals surface area contributed by atoms with Crippen LogP contribution in [-0.4, -0.2) is 30.6 Å². The number of hydrogen-bond donors (Lipinski definition) is 0. The molecule has 0 amide bonds. The fourth-order valence-electron chi connectivity index (χ4n) is 3.95. The van der Waals surface area contributed by atoms with Crippen molar-refractivity contribution in [2.24, 2.45) is 7.05 Å². The molecular formula is C24H22N2O4. The van der Waals surface area contributed by atoms with Crippen LogP contribution in [0.25, 0.3) is 22.0 Å². The van der Waals surface area contributed by atoms with E-state index < -0.39 is 0 Å². The van der Waals surface area contributed by atoms with Crippen LogP contribution in [0.3, 0.4) is 0 Å². The van der Waals surface area contributed by atoms with Crippen molar-refractivity contribution >= 4 is 10.8 Å². The molecule has 0 radical (unpaired) electrons. The van der Waals surface area contributed by atoms with Gasteiger partial charge in [0.1, 0.15) is 0 Å². The van der Waals surface area contributed by atoms with Crippen molar-refractivity contribution in [2.45, 2.75) is 6.42 Å². The summed E-state index contributed by atoms with van der Waals surface area (Å²) in [5.74, 6) is 2.93. The maximum Gasteiger partial charge on any atom is 0.231 e. The van der Waals surface area contributed by atoms with Gasteiger partial charge >= 0.3 is 0 Å². The number of aryl methyl sites for hydroxylation is 1. The van der Waals surface area contributed by atoms with Crippen LogP contribution in [-0.2, 0) is 13.5 Å². The van der Waals surface area contributed by atoms with Gasteiger partial charge in [0.2, 0.25) is 6.79 Å². The fraction of sp³-hybridized carbons (Fsp3) is 0.208. The summed E-state index contributed by atoms with van der Waals surface area (Å²) in [5, 5.41) is 2.10. The summed E-state index contributed by atoms with van der Waals surface area (Å²) in [7, 11) is 5.33. The average Bonchev–Trinajstić information content (AvgIpc) is 3.41. The quantitative estimate of drug-likeness (QED) is 0.489. The highest BCUT2D eigenvalue weighted by molar-refractivity contribution is 5.99. The van der Waals surface area contributed by atoms with E-state index in [9.17, 15) is 0 Å². The second-order valence-electron chi connectivity index (χ2n) is 7.24. The molecule has 0 fully saturated rings. The van der Waals surface area contributed by atoms with Gasteiger partial charge in [-0.2, -0.15) is 0 Å². The van der Waals surface area contributed by atoms with Crippen molar-refractivity contribution in [3.8, 4) is 34.3 Å². The molecule has 0 unspecified atom stereocenters. The van der Waals surface area contributed by atoms with Gasteiger partial charge in [0.05, 0.1) is 19.9 Å². The first-order chi connectivity index (χ1) is 14.7. The van der Waals surface area contributed by atoms with Crippen LogP contribution in [0.15, 0.2) is 54.9 Å². The van der Waals surface area contributed by atoms with E-state index in [0.717, 1.165) is 44.8 Å². The smallest absolute Gasteiger partial charge is 0.231 e. The third-order valence-corrected chi connectivity index (χ3v) is 5.50. The lowest BCUT2D eigenvalue weighted by Crippen LogP contribution is -1.99. The standard InChI is InChI=1S/C24H22N2O4/c1-26-8-4-5-20(26)18-13-25-19(9-15-6-7-21-24(10-15)30-14-29-21)17-12-23(28-3)22(27-2)11-16(17)18/h4-8,10-13H,9,14H2,1-3H3. The second-order valence-corrected chi connectivity index (χ2v) is 7.24. The molecule has 2 aromatic heterocycles. The van der Waals surface area contributed by atoms with Crippen molar-refractivity contribution in [1.82, 2.24) is 9.55 Å². The topological polar surface area (TPSA) is 54.7 Å². The molecule has 0 N–H and O–H groups in total. The normalized spacial score (nSPS) is 12.4.